The summed E-state index contributed by atoms with van der Waals surface area (Å²) in [6.07, 6.45) is 3.57. The molecule has 2 aliphatic rings. The van der Waals surface area contributed by atoms with Crippen LogP contribution in [0.15, 0.2) is 6.07 Å². The summed E-state index contributed by atoms with van der Waals surface area (Å²) in [6, 6.07) is 2.10. The Kier molecular flexibility index (Phi) is 4.93. The Morgan fingerprint density at radius 1 is 1.24 bits per heavy atom. The van der Waals surface area contributed by atoms with Gasteiger partial charge in [0.05, 0.1) is 4.88 Å². The molecule has 0 saturated carbocycles. The fraction of sp³-hybridized carbons (Fsp3) is 0.688. The second kappa shape index (κ2) is 6.90. The van der Waals surface area contributed by atoms with Gasteiger partial charge in [0, 0.05) is 44.1 Å². The van der Waals surface area contributed by atoms with Gasteiger partial charge in [0.2, 0.25) is 0 Å². The molecule has 1 fully saturated rings. The maximum Gasteiger partial charge on any atom is 0.261 e. The van der Waals surface area contributed by atoms with Gasteiger partial charge in [0.15, 0.2) is 0 Å². The highest BCUT2D eigenvalue weighted by atomic mass is 32.1. The third kappa shape index (κ3) is 3.65. The second-order valence-corrected chi connectivity index (χ2v) is 7.08. The molecule has 0 atom stereocenters. The number of hydrogen-bond acceptors (Lipinski definition) is 4. The lowest BCUT2D eigenvalue weighted by molar-refractivity contribution is 0.0941. The number of piperazine rings is 1. The van der Waals surface area contributed by atoms with Crippen molar-refractivity contribution < 1.29 is 4.79 Å². The lowest BCUT2D eigenvalue weighted by Crippen LogP contribution is -2.48. The molecule has 1 aromatic heterocycles. The summed E-state index contributed by atoms with van der Waals surface area (Å²) in [5, 5.41) is 3.08. The molecular formula is C16H25N3OS. The molecule has 5 heteroatoms. The first-order valence-corrected chi connectivity index (χ1v) is 8.92. The third-order valence-electron chi connectivity index (χ3n) is 4.60. The van der Waals surface area contributed by atoms with Crippen molar-refractivity contribution in [3.8, 4) is 0 Å². The van der Waals surface area contributed by atoms with Crippen LogP contribution in [0.4, 0.5) is 0 Å². The van der Waals surface area contributed by atoms with E-state index in [4.69, 9.17) is 0 Å². The van der Waals surface area contributed by atoms with Crippen LogP contribution in [0.3, 0.4) is 0 Å². The van der Waals surface area contributed by atoms with E-state index in [0.717, 1.165) is 63.5 Å². The van der Waals surface area contributed by atoms with E-state index in [2.05, 4.69) is 28.1 Å². The van der Waals surface area contributed by atoms with Crippen molar-refractivity contribution in [2.45, 2.75) is 26.2 Å². The Morgan fingerprint density at radius 3 is 2.71 bits per heavy atom. The van der Waals surface area contributed by atoms with Gasteiger partial charge in [0.1, 0.15) is 0 Å². The largest absolute Gasteiger partial charge is 0.350 e. The number of aryl methyl sites for hydroxylation is 2. The van der Waals surface area contributed by atoms with E-state index in [1.54, 1.807) is 11.3 Å². The maximum atomic E-state index is 12.2. The Bertz CT molecular complexity index is 470. The molecule has 3 rings (SSSR count). The zero-order valence-electron chi connectivity index (χ0n) is 12.9. The fourth-order valence-corrected chi connectivity index (χ4v) is 4.35. The number of nitrogens with one attached hydrogen (secondary N) is 1. The smallest absolute Gasteiger partial charge is 0.261 e. The van der Waals surface area contributed by atoms with Gasteiger partial charge < -0.3 is 10.2 Å². The molecule has 1 aliphatic carbocycles. The summed E-state index contributed by atoms with van der Waals surface area (Å²) in [5.74, 6) is 0.113. The van der Waals surface area contributed by atoms with Crippen LogP contribution < -0.4 is 5.32 Å². The van der Waals surface area contributed by atoms with Crippen LogP contribution in [-0.4, -0.2) is 61.5 Å². The predicted octanol–water partition coefficient (Wildman–Crippen LogP) is 1.60. The van der Waals surface area contributed by atoms with Crippen LogP contribution in [0.5, 0.6) is 0 Å². The summed E-state index contributed by atoms with van der Waals surface area (Å²) in [7, 11) is 0. The molecule has 0 radical (unpaired) electrons. The number of carbonyl (C=O) groups excluding carboxylic acids is 1. The average molecular weight is 307 g/mol. The molecule has 1 amide bonds. The Balaban J connectivity index is 1.40. The second-order valence-electron chi connectivity index (χ2n) is 5.94. The number of amides is 1. The lowest BCUT2D eigenvalue weighted by Gasteiger charge is -2.33. The van der Waals surface area contributed by atoms with Crippen LogP contribution in [0.25, 0.3) is 0 Å². The van der Waals surface area contributed by atoms with Gasteiger partial charge >= 0.3 is 0 Å². The molecule has 1 aromatic rings. The van der Waals surface area contributed by atoms with E-state index in [1.165, 1.54) is 16.9 Å². The number of nitrogens with zero attached hydrogens (tertiary/aromatic N) is 2. The number of likely N-dealkylation sites (N-methyl/N-ethyl adjacent to an activating group) is 1. The van der Waals surface area contributed by atoms with E-state index >= 15 is 0 Å². The molecule has 1 N–H and O–H groups in total. The number of rotatable bonds is 5. The standard InChI is InChI=1S/C16H25N3OS/c1-2-18-8-10-19(11-9-18)7-6-17-16(20)15-12-13-4-3-5-14(13)21-15/h12H,2-11H2,1H3,(H,17,20). The normalized spacial score (nSPS) is 19.7. The number of hydrogen-bond donors (Lipinski definition) is 1. The predicted molar refractivity (Wildman–Crippen MR) is 87.2 cm³/mol. The SMILES string of the molecule is CCN1CCN(CCNC(=O)c2cc3c(s2)CCC3)CC1. The van der Waals surface area contributed by atoms with Gasteiger partial charge in [-0.25, -0.2) is 0 Å². The molecule has 0 unspecified atom stereocenters. The summed E-state index contributed by atoms with van der Waals surface area (Å²) < 4.78 is 0. The zero-order chi connectivity index (χ0) is 14.7. The third-order valence-corrected chi connectivity index (χ3v) is 5.83. The van der Waals surface area contributed by atoms with Crippen LogP contribution in [0.1, 0.15) is 33.5 Å². The minimum Gasteiger partial charge on any atom is -0.350 e. The highest BCUT2D eigenvalue weighted by Gasteiger charge is 2.19. The van der Waals surface area contributed by atoms with E-state index in [1.807, 2.05) is 0 Å². The van der Waals surface area contributed by atoms with Crippen molar-refractivity contribution in [3.63, 3.8) is 0 Å². The first-order valence-electron chi connectivity index (χ1n) is 8.10. The van der Waals surface area contributed by atoms with Gasteiger partial charge in [-0.05, 0) is 37.4 Å². The summed E-state index contributed by atoms with van der Waals surface area (Å²) in [5.41, 5.74) is 1.40. The van der Waals surface area contributed by atoms with Gasteiger partial charge in [-0.3, -0.25) is 9.69 Å². The van der Waals surface area contributed by atoms with E-state index in [0.29, 0.717) is 0 Å². The quantitative estimate of drug-likeness (QED) is 0.897. The molecule has 0 aromatic carbocycles. The van der Waals surface area contributed by atoms with Crippen molar-refractivity contribution in [1.29, 1.82) is 0 Å². The topological polar surface area (TPSA) is 35.6 Å². The Labute approximate surface area is 131 Å². The molecule has 0 bridgehead atoms. The highest BCUT2D eigenvalue weighted by molar-refractivity contribution is 7.14. The van der Waals surface area contributed by atoms with E-state index < -0.39 is 0 Å². The van der Waals surface area contributed by atoms with Gasteiger partial charge in [-0.1, -0.05) is 6.92 Å². The minimum atomic E-state index is 0.113. The average Bonchev–Trinajstić information content (AvgIpc) is 3.09. The molecule has 4 nitrogen and oxygen atoms in total. The summed E-state index contributed by atoms with van der Waals surface area (Å²) >= 11 is 1.69. The van der Waals surface area contributed by atoms with Crippen LogP contribution in [0.2, 0.25) is 0 Å². The monoisotopic (exact) mass is 307 g/mol. The van der Waals surface area contributed by atoms with Gasteiger partial charge in [0.25, 0.3) is 5.91 Å². The fourth-order valence-electron chi connectivity index (χ4n) is 3.18. The molecule has 0 spiro atoms. The van der Waals surface area contributed by atoms with Crippen molar-refractivity contribution in [2.75, 3.05) is 45.8 Å². The highest BCUT2D eigenvalue weighted by Crippen LogP contribution is 2.30. The number of carbonyl (C=O) groups is 1. The first kappa shape index (κ1) is 15.0. The van der Waals surface area contributed by atoms with Crippen LogP contribution in [-0.2, 0) is 12.8 Å². The van der Waals surface area contributed by atoms with Crippen LogP contribution >= 0.6 is 11.3 Å². The van der Waals surface area contributed by atoms with Crippen LogP contribution in [0, 0.1) is 0 Å². The molecular weight excluding hydrogens is 282 g/mol. The van der Waals surface area contributed by atoms with E-state index in [9.17, 15) is 4.79 Å². The lowest BCUT2D eigenvalue weighted by atomic mass is 10.2. The van der Waals surface area contributed by atoms with Gasteiger partial charge in [-0.2, -0.15) is 0 Å². The summed E-state index contributed by atoms with van der Waals surface area (Å²) in [6.45, 7) is 9.64. The van der Waals surface area contributed by atoms with Crippen molar-refractivity contribution in [3.05, 3.63) is 21.4 Å². The summed E-state index contributed by atoms with van der Waals surface area (Å²) in [4.78, 5) is 19.4. The number of thiophene rings is 1. The minimum absolute atomic E-state index is 0.113. The maximum absolute atomic E-state index is 12.2. The molecule has 1 aliphatic heterocycles. The van der Waals surface area contributed by atoms with Crippen molar-refractivity contribution in [1.82, 2.24) is 15.1 Å². The molecule has 116 valence electrons. The Morgan fingerprint density at radius 2 is 2.00 bits per heavy atom. The van der Waals surface area contributed by atoms with E-state index in [-0.39, 0.29) is 5.91 Å². The Hall–Kier alpha value is -0.910. The number of fused-ring (bicyclic) bond motifs is 1. The molecule has 21 heavy (non-hydrogen) atoms. The van der Waals surface area contributed by atoms with Gasteiger partial charge in [-0.15, -0.1) is 11.3 Å². The first-order chi connectivity index (χ1) is 10.3. The molecule has 1 saturated heterocycles. The van der Waals surface area contributed by atoms with Crippen molar-refractivity contribution in [2.24, 2.45) is 0 Å². The van der Waals surface area contributed by atoms with Crippen molar-refractivity contribution >= 4 is 17.2 Å². The molecule has 2 heterocycles. The zero-order valence-corrected chi connectivity index (χ0v) is 13.7.